The fraction of sp³-hybridized carbons (Fsp3) is 0.381. The van der Waals surface area contributed by atoms with E-state index >= 15 is 0 Å². The second kappa shape index (κ2) is 7.48. The molecule has 136 valence electrons. The van der Waals surface area contributed by atoms with E-state index < -0.39 is 0 Å². The molecule has 1 fully saturated rings. The summed E-state index contributed by atoms with van der Waals surface area (Å²) < 4.78 is 10.8. The minimum absolute atomic E-state index is 0.0502. The molecule has 2 aliphatic heterocycles. The van der Waals surface area contributed by atoms with Gasteiger partial charge in [0.05, 0.1) is 32.5 Å². The van der Waals surface area contributed by atoms with Gasteiger partial charge in [0.25, 0.3) is 5.91 Å². The van der Waals surface area contributed by atoms with E-state index in [-0.39, 0.29) is 11.9 Å². The van der Waals surface area contributed by atoms with Crippen LogP contribution in [0.3, 0.4) is 0 Å². The molecule has 0 aliphatic carbocycles. The Kier molecular flexibility index (Phi) is 4.91. The molecule has 1 atom stereocenters. The van der Waals surface area contributed by atoms with Crippen molar-refractivity contribution in [1.29, 1.82) is 0 Å². The fourth-order valence-corrected chi connectivity index (χ4v) is 3.47. The molecule has 0 radical (unpaired) electrons. The number of morpholine rings is 1. The predicted molar refractivity (Wildman–Crippen MR) is 100 cm³/mol. The first-order chi connectivity index (χ1) is 12.7. The zero-order valence-electron chi connectivity index (χ0n) is 15.0. The van der Waals surface area contributed by atoms with E-state index in [1.165, 1.54) is 11.3 Å². The molecular formula is C21H24N2O3. The van der Waals surface area contributed by atoms with E-state index in [0.717, 1.165) is 37.4 Å². The lowest BCUT2D eigenvalue weighted by atomic mass is 10.0. The first-order valence-electron chi connectivity index (χ1n) is 9.14. The highest BCUT2D eigenvalue weighted by Crippen LogP contribution is 2.23. The molecule has 0 aromatic heterocycles. The maximum atomic E-state index is 12.6. The van der Waals surface area contributed by atoms with Crippen LogP contribution >= 0.6 is 0 Å². The van der Waals surface area contributed by atoms with Gasteiger partial charge >= 0.3 is 0 Å². The minimum Gasteiger partial charge on any atom is -0.378 e. The molecule has 26 heavy (non-hydrogen) atoms. The van der Waals surface area contributed by atoms with Gasteiger partial charge in [-0.3, -0.25) is 4.79 Å². The van der Waals surface area contributed by atoms with Crippen molar-refractivity contribution in [3.8, 4) is 0 Å². The number of hydrogen-bond donors (Lipinski definition) is 1. The molecule has 5 nitrogen and oxygen atoms in total. The number of rotatable bonds is 4. The Morgan fingerprint density at radius 3 is 2.50 bits per heavy atom. The molecule has 1 N–H and O–H groups in total. The Bertz CT molecular complexity index is 782. The summed E-state index contributed by atoms with van der Waals surface area (Å²) >= 11 is 0. The van der Waals surface area contributed by atoms with Crippen molar-refractivity contribution in [2.45, 2.75) is 26.2 Å². The number of fused-ring (bicyclic) bond motifs is 1. The third kappa shape index (κ3) is 3.59. The first-order valence-corrected chi connectivity index (χ1v) is 9.14. The smallest absolute Gasteiger partial charge is 0.251 e. The van der Waals surface area contributed by atoms with Gasteiger partial charge in [0.2, 0.25) is 0 Å². The van der Waals surface area contributed by atoms with Crippen LogP contribution in [0.2, 0.25) is 0 Å². The van der Waals surface area contributed by atoms with Gasteiger partial charge < -0.3 is 19.7 Å². The largest absolute Gasteiger partial charge is 0.378 e. The van der Waals surface area contributed by atoms with Crippen molar-refractivity contribution in [2.75, 3.05) is 31.2 Å². The fourth-order valence-electron chi connectivity index (χ4n) is 3.47. The second-order valence-corrected chi connectivity index (χ2v) is 6.86. The number of nitrogens with one attached hydrogen (secondary N) is 1. The highest BCUT2D eigenvalue weighted by molar-refractivity contribution is 5.94. The lowest BCUT2D eigenvalue weighted by Gasteiger charge is -2.29. The molecule has 0 saturated carbocycles. The number of ether oxygens (including phenoxy) is 2. The Morgan fingerprint density at radius 1 is 1.00 bits per heavy atom. The number of benzene rings is 2. The Hall–Kier alpha value is -2.37. The van der Waals surface area contributed by atoms with Gasteiger partial charge in [-0.1, -0.05) is 18.2 Å². The summed E-state index contributed by atoms with van der Waals surface area (Å²) in [7, 11) is 0. The average Bonchev–Trinajstić information content (AvgIpc) is 3.16. The number of anilines is 1. The summed E-state index contributed by atoms with van der Waals surface area (Å²) in [6.45, 7) is 6.65. The van der Waals surface area contributed by atoms with E-state index in [4.69, 9.17) is 9.47 Å². The first kappa shape index (κ1) is 17.1. The highest BCUT2D eigenvalue weighted by atomic mass is 16.5. The van der Waals surface area contributed by atoms with E-state index in [1.54, 1.807) is 0 Å². The predicted octanol–water partition coefficient (Wildman–Crippen LogP) is 3.04. The number of nitrogens with zero attached hydrogens (tertiary/aromatic N) is 1. The zero-order valence-corrected chi connectivity index (χ0v) is 15.0. The summed E-state index contributed by atoms with van der Waals surface area (Å²) in [4.78, 5) is 14.9. The lowest BCUT2D eigenvalue weighted by Crippen LogP contribution is -2.36. The summed E-state index contributed by atoms with van der Waals surface area (Å²) in [6, 6.07) is 14.2. The molecule has 2 aromatic carbocycles. The van der Waals surface area contributed by atoms with Gasteiger partial charge in [0, 0.05) is 24.3 Å². The van der Waals surface area contributed by atoms with Crippen molar-refractivity contribution < 1.29 is 14.3 Å². The number of hydrogen-bond acceptors (Lipinski definition) is 4. The van der Waals surface area contributed by atoms with Gasteiger partial charge in [0.15, 0.2) is 0 Å². The molecule has 0 spiro atoms. The van der Waals surface area contributed by atoms with Crippen LogP contribution in [0.1, 0.15) is 40.0 Å². The zero-order chi connectivity index (χ0) is 17.9. The van der Waals surface area contributed by atoms with Crippen molar-refractivity contribution in [2.24, 2.45) is 0 Å². The molecule has 2 aliphatic rings. The van der Waals surface area contributed by atoms with E-state index in [1.807, 2.05) is 25.1 Å². The standard InChI is InChI=1S/C21H24N2O3/c1-15(16-4-6-20(7-5-16)23-8-10-25-11-9-23)22-21(24)17-2-3-18-13-26-14-19(18)12-17/h2-7,12,15H,8-11,13-14H2,1H3,(H,22,24)/t15-/m1/s1. The third-order valence-electron chi connectivity index (χ3n) is 5.10. The van der Waals surface area contributed by atoms with Crippen LogP contribution < -0.4 is 10.2 Å². The minimum atomic E-state index is -0.0514. The van der Waals surface area contributed by atoms with Gasteiger partial charge in [-0.25, -0.2) is 0 Å². The van der Waals surface area contributed by atoms with Crippen molar-refractivity contribution in [3.05, 3.63) is 64.7 Å². The molecule has 1 amide bonds. The van der Waals surface area contributed by atoms with Crippen molar-refractivity contribution in [3.63, 3.8) is 0 Å². The maximum absolute atomic E-state index is 12.6. The quantitative estimate of drug-likeness (QED) is 0.919. The number of carbonyl (C=O) groups excluding carboxylic acids is 1. The van der Waals surface area contributed by atoms with Gasteiger partial charge in [-0.05, 0) is 47.9 Å². The summed E-state index contributed by atoms with van der Waals surface area (Å²) in [5, 5.41) is 3.09. The van der Waals surface area contributed by atoms with Crippen molar-refractivity contribution >= 4 is 11.6 Å². The van der Waals surface area contributed by atoms with Crippen LogP contribution in [0.25, 0.3) is 0 Å². The molecule has 2 heterocycles. The number of carbonyl (C=O) groups is 1. The maximum Gasteiger partial charge on any atom is 0.251 e. The summed E-state index contributed by atoms with van der Waals surface area (Å²) in [6.07, 6.45) is 0. The Balaban J connectivity index is 1.41. The number of amides is 1. The van der Waals surface area contributed by atoms with Crippen molar-refractivity contribution in [1.82, 2.24) is 5.32 Å². The van der Waals surface area contributed by atoms with Crippen LogP contribution in [-0.2, 0) is 22.7 Å². The molecule has 4 rings (SSSR count). The molecular weight excluding hydrogens is 328 g/mol. The van der Waals surface area contributed by atoms with Gasteiger partial charge in [-0.15, -0.1) is 0 Å². The Morgan fingerprint density at radius 2 is 1.73 bits per heavy atom. The highest BCUT2D eigenvalue weighted by Gasteiger charge is 2.17. The van der Waals surface area contributed by atoms with Crippen LogP contribution in [-0.4, -0.2) is 32.2 Å². The molecule has 2 aromatic rings. The normalized spacial score (nSPS) is 17.7. The monoisotopic (exact) mass is 352 g/mol. The van der Waals surface area contributed by atoms with Gasteiger partial charge in [0.1, 0.15) is 0 Å². The molecule has 0 bridgehead atoms. The van der Waals surface area contributed by atoms with Crippen LogP contribution in [0.5, 0.6) is 0 Å². The van der Waals surface area contributed by atoms with E-state index in [9.17, 15) is 4.79 Å². The molecule has 1 saturated heterocycles. The Labute approximate surface area is 153 Å². The van der Waals surface area contributed by atoms with Crippen LogP contribution in [0.4, 0.5) is 5.69 Å². The summed E-state index contributed by atoms with van der Waals surface area (Å²) in [5.41, 5.74) is 5.27. The van der Waals surface area contributed by atoms with Crippen LogP contribution in [0.15, 0.2) is 42.5 Å². The van der Waals surface area contributed by atoms with Gasteiger partial charge in [-0.2, -0.15) is 0 Å². The van der Waals surface area contributed by atoms with E-state index in [0.29, 0.717) is 18.8 Å². The second-order valence-electron chi connectivity index (χ2n) is 6.86. The average molecular weight is 352 g/mol. The molecule has 0 unspecified atom stereocenters. The molecule has 5 heteroatoms. The summed E-state index contributed by atoms with van der Waals surface area (Å²) in [5.74, 6) is -0.0514. The van der Waals surface area contributed by atoms with E-state index in [2.05, 4.69) is 34.5 Å². The topological polar surface area (TPSA) is 50.8 Å². The third-order valence-corrected chi connectivity index (χ3v) is 5.10. The lowest BCUT2D eigenvalue weighted by molar-refractivity contribution is 0.0939. The van der Waals surface area contributed by atoms with Crippen LogP contribution in [0, 0.1) is 0 Å². The SMILES string of the molecule is C[C@@H](NC(=O)c1ccc2c(c1)COC2)c1ccc(N2CCOCC2)cc1.